The first-order valence-electron chi connectivity index (χ1n) is 6.06. The molecular weight excluding hydrogens is 190 g/mol. The van der Waals surface area contributed by atoms with Crippen molar-refractivity contribution in [2.75, 3.05) is 0 Å². The van der Waals surface area contributed by atoms with Gasteiger partial charge in [0.15, 0.2) is 0 Å². The lowest BCUT2D eigenvalue weighted by Crippen LogP contribution is -2.39. The predicted molar refractivity (Wildman–Crippen MR) is 57.1 cm³/mol. The molecule has 15 heavy (non-hydrogen) atoms. The van der Waals surface area contributed by atoms with Crippen molar-refractivity contribution in [1.29, 1.82) is 0 Å². The molecule has 1 N–H and O–H groups in total. The van der Waals surface area contributed by atoms with Crippen LogP contribution < -0.4 is 5.32 Å². The van der Waals surface area contributed by atoms with Gasteiger partial charge in [0, 0.05) is 12.8 Å². The Hall–Kier alpha value is -0.860. The SMILES string of the molecule is O=C1CC(CC2CCCCC2)CC(=O)N1. The van der Waals surface area contributed by atoms with Crippen LogP contribution in [0.5, 0.6) is 0 Å². The van der Waals surface area contributed by atoms with Gasteiger partial charge in [-0.05, 0) is 18.3 Å². The molecule has 0 unspecified atom stereocenters. The first-order chi connectivity index (χ1) is 7.24. The molecule has 2 fully saturated rings. The summed E-state index contributed by atoms with van der Waals surface area (Å²) in [7, 11) is 0. The van der Waals surface area contributed by atoms with E-state index in [9.17, 15) is 9.59 Å². The Morgan fingerprint density at radius 3 is 2.13 bits per heavy atom. The second-order valence-electron chi connectivity index (χ2n) is 4.99. The van der Waals surface area contributed by atoms with Gasteiger partial charge in [-0.25, -0.2) is 0 Å². The molecule has 0 spiro atoms. The van der Waals surface area contributed by atoms with Crippen molar-refractivity contribution in [3.8, 4) is 0 Å². The van der Waals surface area contributed by atoms with Gasteiger partial charge >= 0.3 is 0 Å². The van der Waals surface area contributed by atoms with Crippen molar-refractivity contribution in [2.24, 2.45) is 11.8 Å². The van der Waals surface area contributed by atoms with Crippen LogP contribution in [-0.4, -0.2) is 11.8 Å². The van der Waals surface area contributed by atoms with E-state index in [4.69, 9.17) is 0 Å². The molecule has 2 aliphatic rings. The molecule has 0 bridgehead atoms. The van der Waals surface area contributed by atoms with Crippen LogP contribution in [-0.2, 0) is 9.59 Å². The van der Waals surface area contributed by atoms with Crippen molar-refractivity contribution in [3.63, 3.8) is 0 Å². The molecule has 3 heteroatoms. The molecular formula is C12H19NO2. The van der Waals surface area contributed by atoms with Gasteiger partial charge in [0.1, 0.15) is 0 Å². The Labute approximate surface area is 90.6 Å². The Balaban J connectivity index is 1.82. The lowest BCUT2D eigenvalue weighted by atomic mass is 9.80. The quantitative estimate of drug-likeness (QED) is 0.707. The first-order valence-corrected chi connectivity index (χ1v) is 6.06. The average molecular weight is 209 g/mol. The summed E-state index contributed by atoms with van der Waals surface area (Å²) in [6.45, 7) is 0. The number of nitrogens with one attached hydrogen (secondary N) is 1. The van der Waals surface area contributed by atoms with Gasteiger partial charge in [-0.1, -0.05) is 32.1 Å². The molecule has 1 heterocycles. The molecule has 3 nitrogen and oxygen atoms in total. The summed E-state index contributed by atoms with van der Waals surface area (Å²) in [5.74, 6) is 0.927. The third-order valence-electron chi connectivity index (χ3n) is 3.62. The number of hydrogen-bond donors (Lipinski definition) is 1. The minimum atomic E-state index is -0.0768. The van der Waals surface area contributed by atoms with Gasteiger partial charge in [-0.15, -0.1) is 0 Å². The molecule has 0 radical (unpaired) electrons. The van der Waals surface area contributed by atoms with Gasteiger partial charge in [-0.2, -0.15) is 0 Å². The summed E-state index contributed by atoms with van der Waals surface area (Å²) in [5, 5.41) is 2.37. The molecule has 1 saturated heterocycles. The maximum atomic E-state index is 11.2. The predicted octanol–water partition coefficient (Wildman–Crippen LogP) is 2.01. The molecule has 84 valence electrons. The van der Waals surface area contributed by atoms with Crippen LogP contribution in [0.4, 0.5) is 0 Å². The fourth-order valence-corrected chi connectivity index (χ4v) is 2.92. The number of carbonyl (C=O) groups is 2. The largest absolute Gasteiger partial charge is 0.296 e. The normalized spacial score (nSPS) is 25.3. The van der Waals surface area contributed by atoms with Gasteiger partial charge in [0.2, 0.25) is 11.8 Å². The number of imide groups is 1. The molecule has 0 aromatic heterocycles. The summed E-state index contributed by atoms with van der Waals surface area (Å²) in [6, 6.07) is 0. The third-order valence-corrected chi connectivity index (χ3v) is 3.62. The van der Waals surface area contributed by atoms with Crippen molar-refractivity contribution in [1.82, 2.24) is 5.32 Å². The van der Waals surface area contributed by atoms with E-state index in [1.54, 1.807) is 0 Å². The van der Waals surface area contributed by atoms with Gasteiger partial charge in [0.05, 0.1) is 0 Å². The zero-order chi connectivity index (χ0) is 10.7. The van der Waals surface area contributed by atoms with Crippen molar-refractivity contribution in [3.05, 3.63) is 0 Å². The summed E-state index contributed by atoms with van der Waals surface area (Å²) in [4.78, 5) is 22.4. The fourth-order valence-electron chi connectivity index (χ4n) is 2.92. The fraction of sp³-hybridized carbons (Fsp3) is 0.833. The van der Waals surface area contributed by atoms with Crippen molar-refractivity contribution >= 4 is 11.8 Å². The minimum Gasteiger partial charge on any atom is -0.296 e. The third kappa shape index (κ3) is 3.05. The van der Waals surface area contributed by atoms with Crippen LogP contribution in [0.3, 0.4) is 0 Å². The summed E-state index contributed by atoms with van der Waals surface area (Å²) >= 11 is 0. The lowest BCUT2D eigenvalue weighted by Gasteiger charge is -2.27. The van der Waals surface area contributed by atoms with E-state index in [0.717, 1.165) is 12.3 Å². The minimum absolute atomic E-state index is 0.0768. The van der Waals surface area contributed by atoms with Crippen LogP contribution >= 0.6 is 0 Å². The molecule has 2 amide bonds. The molecule has 0 aromatic rings. The van der Waals surface area contributed by atoms with E-state index in [1.165, 1.54) is 32.1 Å². The van der Waals surface area contributed by atoms with E-state index < -0.39 is 0 Å². The standard InChI is InChI=1S/C12H19NO2/c14-11-7-10(8-12(15)13-11)6-9-4-2-1-3-5-9/h9-10H,1-8H2,(H,13,14,15). The highest BCUT2D eigenvalue weighted by Crippen LogP contribution is 2.32. The zero-order valence-electron chi connectivity index (χ0n) is 9.13. The van der Waals surface area contributed by atoms with E-state index in [1.807, 2.05) is 0 Å². The smallest absolute Gasteiger partial charge is 0.226 e. The average Bonchev–Trinajstić information content (AvgIpc) is 2.17. The Morgan fingerprint density at radius 2 is 1.53 bits per heavy atom. The highest BCUT2D eigenvalue weighted by molar-refractivity contribution is 5.97. The summed E-state index contributed by atoms with van der Waals surface area (Å²) < 4.78 is 0. The van der Waals surface area contributed by atoms with E-state index in [2.05, 4.69) is 5.32 Å². The monoisotopic (exact) mass is 209 g/mol. The topological polar surface area (TPSA) is 46.2 Å². The molecule has 1 aliphatic heterocycles. The molecule has 0 atom stereocenters. The number of hydrogen-bond acceptors (Lipinski definition) is 2. The van der Waals surface area contributed by atoms with Gasteiger partial charge in [0.25, 0.3) is 0 Å². The van der Waals surface area contributed by atoms with Gasteiger partial charge < -0.3 is 0 Å². The number of piperidine rings is 1. The first kappa shape index (κ1) is 10.7. The molecule has 1 saturated carbocycles. The molecule has 2 rings (SSSR count). The highest BCUT2D eigenvalue weighted by atomic mass is 16.2. The van der Waals surface area contributed by atoms with Gasteiger partial charge in [-0.3, -0.25) is 14.9 Å². The zero-order valence-corrected chi connectivity index (χ0v) is 9.13. The molecule has 1 aliphatic carbocycles. The van der Waals surface area contributed by atoms with Crippen molar-refractivity contribution < 1.29 is 9.59 Å². The van der Waals surface area contributed by atoms with Crippen LogP contribution in [0.25, 0.3) is 0 Å². The van der Waals surface area contributed by atoms with Crippen molar-refractivity contribution in [2.45, 2.75) is 51.4 Å². The second-order valence-corrected chi connectivity index (χ2v) is 4.99. The Morgan fingerprint density at radius 1 is 0.933 bits per heavy atom. The van der Waals surface area contributed by atoms with Crippen LogP contribution in [0.2, 0.25) is 0 Å². The number of carbonyl (C=O) groups excluding carboxylic acids is 2. The number of amides is 2. The Bertz CT molecular complexity index is 240. The maximum absolute atomic E-state index is 11.2. The second kappa shape index (κ2) is 4.77. The summed E-state index contributed by atoms with van der Waals surface area (Å²) in [5.41, 5.74) is 0. The highest BCUT2D eigenvalue weighted by Gasteiger charge is 2.27. The summed E-state index contributed by atoms with van der Waals surface area (Å²) in [6.07, 6.45) is 8.82. The van der Waals surface area contributed by atoms with E-state index in [-0.39, 0.29) is 11.8 Å². The van der Waals surface area contributed by atoms with E-state index in [0.29, 0.717) is 18.8 Å². The maximum Gasteiger partial charge on any atom is 0.226 e. The molecule has 0 aromatic carbocycles. The van der Waals surface area contributed by atoms with Crippen LogP contribution in [0, 0.1) is 11.8 Å². The lowest BCUT2D eigenvalue weighted by molar-refractivity contribution is -0.135. The van der Waals surface area contributed by atoms with Crippen LogP contribution in [0.1, 0.15) is 51.4 Å². The number of rotatable bonds is 2. The Kier molecular flexibility index (Phi) is 3.39. The van der Waals surface area contributed by atoms with Crippen LogP contribution in [0.15, 0.2) is 0 Å². The van der Waals surface area contributed by atoms with E-state index >= 15 is 0 Å².